The van der Waals surface area contributed by atoms with E-state index in [2.05, 4.69) is 26.2 Å². The fraction of sp³-hybridized carbons (Fsp3) is 0.0769. The summed E-state index contributed by atoms with van der Waals surface area (Å²) in [6.07, 6.45) is 1.42. The number of nitrogen functional groups attached to an aromatic ring is 1. The van der Waals surface area contributed by atoms with Crippen LogP contribution in [0.2, 0.25) is 10.0 Å². The largest absolute Gasteiger partial charge is 0.398 e. The van der Waals surface area contributed by atoms with E-state index in [1.807, 2.05) is 0 Å². The fourth-order valence-corrected chi connectivity index (χ4v) is 2.40. The number of nitrogens with zero attached hydrogens (tertiary/aromatic N) is 1. The molecule has 2 aromatic rings. The molecule has 4 nitrogen and oxygen atoms in total. The standard InChI is InChI=1S/C13H10BrCl2N3O/c1-6-4-9(17)7(5-18-6)13(20)19-10-3-2-8(14)11(15)12(10)16/h2-5H,1H3,(H2,17,18)(H,19,20). The zero-order chi connectivity index (χ0) is 14.9. The van der Waals surface area contributed by atoms with Gasteiger partial charge in [-0.2, -0.15) is 0 Å². The van der Waals surface area contributed by atoms with Crippen molar-refractivity contribution in [3.63, 3.8) is 0 Å². The SMILES string of the molecule is Cc1cc(N)c(C(=O)Nc2ccc(Br)c(Cl)c2Cl)cn1. The summed E-state index contributed by atoms with van der Waals surface area (Å²) >= 11 is 15.3. The normalized spacial score (nSPS) is 10.4. The minimum atomic E-state index is -0.393. The first-order valence-corrected chi connectivity index (χ1v) is 7.12. The summed E-state index contributed by atoms with van der Waals surface area (Å²) in [6, 6.07) is 4.97. The van der Waals surface area contributed by atoms with Gasteiger partial charge in [0.15, 0.2) is 0 Å². The van der Waals surface area contributed by atoms with Gasteiger partial charge in [0, 0.05) is 22.1 Å². The summed E-state index contributed by atoms with van der Waals surface area (Å²) in [4.78, 5) is 16.2. The number of rotatable bonds is 2. The molecule has 1 aromatic heterocycles. The summed E-state index contributed by atoms with van der Waals surface area (Å²) < 4.78 is 0.652. The van der Waals surface area contributed by atoms with Crippen molar-refractivity contribution in [2.45, 2.75) is 6.92 Å². The zero-order valence-electron chi connectivity index (χ0n) is 10.4. The molecule has 0 saturated heterocycles. The summed E-state index contributed by atoms with van der Waals surface area (Å²) in [6.45, 7) is 1.80. The molecule has 0 fully saturated rings. The van der Waals surface area contributed by atoms with Crippen LogP contribution >= 0.6 is 39.1 Å². The number of anilines is 2. The van der Waals surface area contributed by atoms with Gasteiger partial charge in [-0.05, 0) is 41.1 Å². The van der Waals surface area contributed by atoms with Crippen LogP contribution in [0.1, 0.15) is 16.1 Å². The van der Waals surface area contributed by atoms with Crippen LogP contribution in [0.25, 0.3) is 0 Å². The Morgan fingerprint density at radius 1 is 1.35 bits per heavy atom. The number of hydrogen-bond acceptors (Lipinski definition) is 3. The Bertz CT molecular complexity index is 692. The Morgan fingerprint density at radius 2 is 2.05 bits per heavy atom. The highest BCUT2D eigenvalue weighted by Gasteiger charge is 2.14. The van der Waals surface area contributed by atoms with Crippen molar-refractivity contribution in [3.8, 4) is 0 Å². The molecule has 3 N–H and O–H groups in total. The smallest absolute Gasteiger partial charge is 0.259 e. The van der Waals surface area contributed by atoms with Gasteiger partial charge in [-0.25, -0.2) is 0 Å². The van der Waals surface area contributed by atoms with Crippen LogP contribution in [-0.2, 0) is 0 Å². The lowest BCUT2D eigenvalue weighted by molar-refractivity contribution is 0.102. The third-order valence-electron chi connectivity index (χ3n) is 2.60. The van der Waals surface area contributed by atoms with Gasteiger partial charge in [0.25, 0.3) is 5.91 Å². The van der Waals surface area contributed by atoms with Gasteiger partial charge in [-0.3, -0.25) is 9.78 Å². The molecule has 0 aliphatic rings. The topological polar surface area (TPSA) is 68.0 Å². The lowest BCUT2D eigenvalue weighted by atomic mass is 10.2. The number of halogens is 3. The molecular formula is C13H10BrCl2N3O. The second kappa shape index (κ2) is 5.99. The average molecular weight is 375 g/mol. The van der Waals surface area contributed by atoms with Crippen molar-refractivity contribution in [1.82, 2.24) is 4.98 Å². The van der Waals surface area contributed by atoms with E-state index in [1.54, 1.807) is 25.1 Å². The van der Waals surface area contributed by atoms with Gasteiger partial charge < -0.3 is 11.1 Å². The number of hydrogen-bond donors (Lipinski definition) is 2. The van der Waals surface area contributed by atoms with Crippen molar-refractivity contribution in [2.24, 2.45) is 0 Å². The third kappa shape index (κ3) is 3.06. The molecule has 7 heteroatoms. The maximum Gasteiger partial charge on any atom is 0.259 e. The molecule has 0 atom stereocenters. The summed E-state index contributed by atoms with van der Waals surface area (Å²) in [7, 11) is 0. The van der Waals surface area contributed by atoms with E-state index in [4.69, 9.17) is 28.9 Å². The number of carbonyl (C=O) groups excluding carboxylic acids is 1. The maximum atomic E-state index is 12.2. The molecule has 20 heavy (non-hydrogen) atoms. The fourth-order valence-electron chi connectivity index (χ4n) is 1.58. The monoisotopic (exact) mass is 373 g/mol. The molecule has 0 saturated carbocycles. The Hall–Kier alpha value is -1.30. The number of aromatic nitrogens is 1. The predicted octanol–water partition coefficient (Wildman–Crippen LogP) is 4.29. The number of aryl methyl sites for hydroxylation is 1. The van der Waals surface area contributed by atoms with Crippen LogP contribution in [0, 0.1) is 6.92 Å². The number of amides is 1. The van der Waals surface area contributed by atoms with E-state index < -0.39 is 5.91 Å². The highest BCUT2D eigenvalue weighted by Crippen LogP contribution is 2.36. The van der Waals surface area contributed by atoms with E-state index in [9.17, 15) is 4.79 Å². The minimum absolute atomic E-state index is 0.257. The van der Waals surface area contributed by atoms with Gasteiger partial charge in [0.05, 0.1) is 21.3 Å². The molecule has 0 bridgehead atoms. The van der Waals surface area contributed by atoms with Crippen LogP contribution in [0.4, 0.5) is 11.4 Å². The number of benzene rings is 1. The lowest BCUT2D eigenvalue weighted by Gasteiger charge is -2.10. The average Bonchev–Trinajstić information content (AvgIpc) is 2.39. The van der Waals surface area contributed by atoms with Gasteiger partial charge >= 0.3 is 0 Å². The molecule has 0 radical (unpaired) electrons. The number of nitrogens with one attached hydrogen (secondary N) is 1. The first-order valence-electron chi connectivity index (χ1n) is 5.57. The molecule has 104 valence electrons. The first kappa shape index (κ1) is 15.1. The molecule has 0 unspecified atom stereocenters. The highest BCUT2D eigenvalue weighted by atomic mass is 79.9. The summed E-state index contributed by atoms with van der Waals surface area (Å²) in [5.74, 6) is -0.393. The van der Waals surface area contributed by atoms with Crippen LogP contribution in [0.3, 0.4) is 0 Å². The van der Waals surface area contributed by atoms with E-state index >= 15 is 0 Å². The zero-order valence-corrected chi connectivity index (χ0v) is 13.5. The summed E-state index contributed by atoms with van der Waals surface area (Å²) in [5, 5.41) is 3.25. The molecule has 1 aromatic carbocycles. The van der Waals surface area contributed by atoms with E-state index in [0.717, 1.165) is 5.69 Å². The lowest BCUT2D eigenvalue weighted by Crippen LogP contribution is -2.15. The van der Waals surface area contributed by atoms with Crippen LogP contribution in [-0.4, -0.2) is 10.9 Å². The van der Waals surface area contributed by atoms with E-state index in [-0.39, 0.29) is 10.6 Å². The number of nitrogens with two attached hydrogens (primary N) is 1. The molecule has 2 rings (SSSR count). The van der Waals surface area contributed by atoms with Crippen LogP contribution < -0.4 is 11.1 Å². The van der Waals surface area contributed by atoms with Gasteiger partial charge in [0.2, 0.25) is 0 Å². The molecule has 0 spiro atoms. The maximum absolute atomic E-state index is 12.2. The van der Waals surface area contributed by atoms with Gasteiger partial charge in [-0.1, -0.05) is 23.2 Å². The number of pyridine rings is 1. The van der Waals surface area contributed by atoms with E-state index in [0.29, 0.717) is 20.9 Å². The second-order valence-corrected chi connectivity index (χ2v) is 5.70. The van der Waals surface area contributed by atoms with Crippen molar-refractivity contribution in [3.05, 3.63) is 50.2 Å². The van der Waals surface area contributed by atoms with Crippen molar-refractivity contribution in [1.29, 1.82) is 0 Å². The Balaban J connectivity index is 2.30. The van der Waals surface area contributed by atoms with Crippen molar-refractivity contribution in [2.75, 3.05) is 11.1 Å². The van der Waals surface area contributed by atoms with Crippen LogP contribution in [0.5, 0.6) is 0 Å². The van der Waals surface area contributed by atoms with Crippen LogP contribution in [0.15, 0.2) is 28.9 Å². The summed E-state index contributed by atoms with van der Waals surface area (Å²) in [5.41, 5.74) is 7.59. The quantitative estimate of drug-likeness (QED) is 0.770. The molecule has 0 aliphatic carbocycles. The van der Waals surface area contributed by atoms with Gasteiger partial charge in [0.1, 0.15) is 0 Å². The number of carbonyl (C=O) groups is 1. The second-order valence-electron chi connectivity index (χ2n) is 4.09. The van der Waals surface area contributed by atoms with Crippen molar-refractivity contribution < 1.29 is 4.79 Å². The van der Waals surface area contributed by atoms with Gasteiger partial charge in [-0.15, -0.1) is 0 Å². The third-order valence-corrected chi connectivity index (χ3v) is 4.37. The Kier molecular flexibility index (Phi) is 4.52. The minimum Gasteiger partial charge on any atom is -0.398 e. The molecule has 1 amide bonds. The molecule has 0 aliphatic heterocycles. The first-order chi connectivity index (χ1) is 9.40. The Morgan fingerprint density at radius 3 is 2.70 bits per heavy atom. The van der Waals surface area contributed by atoms with Crippen molar-refractivity contribution >= 4 is 56.4 Å². The predicted molar refractivity (Wildman–Crippen MR) is 85.5 cm³/mol. The molecule has 1 heterocycles. The molecular weight excluding hydrogens is 365 g/mol. The highest BCUT2D eigenvalue weighted by molar-refractivity contribution is 9.10. The Labute approximate surface area is 134 Å². The van der Waals surface area contributed by atoms with E-state index in [1.165, 1.54) is 6.20 Å².